The molecule has 0 heterocycles. The normalized spacial score (nSPS) is 12.6. The lowest BCUT2D eigenvalue weighted by Gasteiger charge is -2.01. The molecule has 0 aromatic carbocycles. The minimum Gasteiger partial charge on any atom is -0.198 e. The van der Waals surface area contributed by atoms with Crippen molar-refractivity contribution in [1.29, 1.82) is 5.26 Å². The Morgan fingerprint density at radius 2 is 2.33 bits per heavy atom. The summed E-state index contributed by atoms with van der Waals surface area (Å²) in [5.41, 5.74) is 0. The van der Waals surface area contributed by atoms with Crippen LogP contribution < -0.4 is 0 Å². The summed E-state index contributed by atoms with van der Waals surface area (Å²) >= 11 is 0. The lowest BCUT2D eigenvalue weighted by Crippen LogP contribution is -1.93. The third kappa shape index (κ3) is 4.02. The van der Waals surface area contributed by atoms with E-state index in [9.17, 15) is 0 Å². The van der Waals surface area contributed by atoms with Gasteiger partial charge < -0.3 is 0 Å². The van der Waals surface area contributed by atoms with E-state index < -0.39 is 0 Å². The van der Waals surface area contributed by atoms with Crippen molar-refractivity contribution in [3.63, 3.8) is 0 Å². The van der Waals surface area contributed by atoms with Crippen LogP contribution >= 0.6 is 0 Å². The fourth-order valence-corrected chi connectivity index (χ4v) is 0.751. The summed E-state index contributed by atoms with van der Waals surface area (Å²) in [7, 11) is 0. The van der Waals surface area contributed by atoms with Crippen LogP contribution in [0.1, 0.15) is 32.6 Å². The molecule has 0 amide bonds. The van der Waals surface area contributed by atoms with E-state index in [0.717, 1.165) is 25.7 Å². The van der Waals surface area contributed by atoms with E-state index in [0.29, 0.717) is 0 Å². The first kappa shape index (κ1) is 8.49. The minimum atomic E-state index is 0.270. The molecule has 1 radical (unpaired) electrons. The van der Waals surface area contributed by atoms with Gasteiger partial charge in [0.1, 0.15) is 0 Å². The molecule has 0 spiro atoms. The molecule has 0 saturated carbocycles. The fraction of sp³-hybridized carbons (Fsp3) is 0.750. The predicted octanol–water partition coefficient (Wildman–Crippen LogP) is 2.54. The lowest BCUT2D eigenvalue weighted by molar-refractivity contribution is 0.559. The molecule has 0 rings (SSSR count). The van der Waals surface area contributed by atoms with Gasteiger partial charge in [0.2, 0.25) is 0 Å². The van der Waals surface area contributed by atoms with Gasteiger partial charge in [0.15, 0.2) is 0 Å². The maximum Gasteiger partial charge on any atom is 0.0655 e. The van der Waals surface area contributed by atoms with Crippen LogP contribution in [0.5, 0.6) is 0 Å². The number of nitrogens with zero attached hydrogens (tertiary/aromatic N) is 1. The molecular weight excluding hydrogens is 110 g/mol. The van der Waals surface area contributed by atoms with Crippen molar-refractivity contribution in [1.82, 2.24) is 0 Å². The molecule has 0 aromatic heterocycles. The third-order valence-electron chi connectivity index (χ3n) is 1.48. The van der Waals surface area contributed by atoms with Crippen molar-refractivity contribution in [3.8, 4) is 6.07 Å². The highest BCUT2D eigenvalue weighted by atomic mass is 14.3. The smallest absolute Gasteiger partial charge is 0.0655 e. The largest absolute Gasteiger partial charge is 0.198 e. The Kier molecular flexibility index (Phi) is 5.30. The van der Waals surface area contributed by atoms with Gasteiger partial charge in [-0.05, 0) is 12.8 Å². The van der Waals surface area contributed by atoms with E-state index in [1.807, 2.05) is 0 Å². The average Bonchev–Trinajstić information content (AvgIpc) is 1.91. The van der Waals surface area contributed by atoms with Crippen LogP contribution in [-0.4, -0.2) is 0 Å². The van der Waals surface area contributed by atoms with Crippen molar-refractivity contribution in [2.24, 2.45) is 5.92 Å². The second-order valence-electron chi connectivity index (χ2n) is 2.23. The molecule has 1 heteroatoms. The third-order valence-corrected chi connectivity index (χ3v) is 1.48. The van der Waals surface area contributed by atoms with Crippen molar-refractivity contribution >= 4 is 0 Å². The summed E-state index contributed by atoms with van der Waals surface area (Å²) < 4.78 is 0. The molecule has 0 aliphatic carbocycles. The van der Waals surface area contributed by atoms with Crippen LogP contribution in [0.4, 0.5) is 0 Å². The topological polar surface area (TPSA) is 23.8 Å². The zero-order valence-electron chi connectivity index (χ0n) is 6.06. The molecule has 9 heavy (non-hydrogen) atoms. The van der Waals surface area contributed by atoms with E-state index in [4.69, 9.17) is 5.26 Å². The van der Waals surface area contributed by atoms with E-state index in [1.165, 1.54) is 0 Å². The van der Waals surface area contributed by atoms with Gasteiger partial charge in [0, 0.05) is 5.92 Å². The molecule has 51 valence electrons. The van der Waals surface area contributed by atoms with Crippen LogP contribution in [0.25, 0.3) is 0 Å². The molecule has 1 atom stereocenters. The van der Waals surface area contributed by atoms with Gasteiger partial charge in [-0.3, -0.25) is 0 Å². The Labute approximate surface area is 57.7 Å². The Morgan fingerprint density at radius 1 is 1.67 bits per heavy atom. The van der Waals surface area contributed by atoms with Gasteiger partial charge in [0.05, 0.1) is 6.07 Å². The Balaban J connectivity index is 3.23. The molecule has 0 N–H and O–H groups in total. The summed E-state index contributed by atoms with van der Waals surface area (Å²) in [6, 6.07) is 2.26. The highest BCUT2D eigenvalue weighted by Crippen LogP contribution is 2.09. The first-order valence-corrected chi connectivity index (χ1v) is 3.54. The predicted molar refractivity (Wildman–Crippen MR) is 38.6 cm³/mol. The van der Waals surface area contributed by atoms with Crippen LogP contribution in [0, 0.1) is 24.2 Å². The van der Waals surface area contributed by atoms with E-state index in [2.05, 4.69) is 19.9 Å². The molecule has 0 aromatic rings. The molecule has 0 fully saturated rings. The van der Waals surface area contributed by atoms with Gasteiger partial charge >= 0.3 is 0 Å². The summed E-state index contributed by atoms with van der Waals surface area (Å²) in [5.74, 6) is 0.270. The number of unbranched alkanes of at least 4 members (excludes halogenated alkanes) is 1. The van der Waals surface area contributed by atoms with Crippen LogP contribution in [0.2, 0.25) is 0 Å². The van der Waals surface area contributed by atoms with Crippen LogP contribution in [-0.2, 0) is 0 Å². The number of rotatable bonds is 4. The standard InChI is InChI=1S/C8H14N/c1-3-5-6-8(4-2)7-9/h8H,1,3-6H2,2H3. The highest BCUT2D eigenvalue weighted by Gasteiger charge is 2.00. The summed E-state index contributed by atoms with van der Waals surface area (Å²) in [4.78, 5) is 0. The zero-order chi connectivity index (χ0) is 7.11. The van der Waals surface area contributed by atoms with Crippen molar-refractivity contribution in [3.05, 3.63) is 6.92 Å². The van der Waals surface area contributed by atoms with Gasteiger partial charge in [-0.25, -0.2) is 0 Å². The summed E-state index contributed by atoms with van der Waals surface area (Å²) in [6.07, 6.45) is 4.05. The molecule has 0 aliphatic rings. The van der Waals surface area contributed by atoms with Gasteiger partial charge in [0.25, 0.3) is 0 Å². The second kappa shape index (κ2) is 5.62. The monoisotopic (exact) mass is 124 g/mol. The average molecular weight is 124 g/mol. The summed E-state index contributed by atoms with van der Waals surface area (Å²) in [6.45, 7) is 5.77. The molecular formula is C8H14N. The number of hydrogen-bond acceptors (Lipinski definition) is 1. The fourth-order valence-electron chi connectivity index (χ4n) is 0.751. The van der Waals surface area contributed by atoms with Gasteiger partial charge in [-0.2, -0.15) is 5.26 Å². The van der Waals surface area contributed by atoms with Gasteiger partial charge in [-0.15, -0.1) is 0 Å². The molecule has 0 saturated heterocycles. The SMILES string of the molecule is [CH2]CCCC(C#N)CC. The first-order valence-electron chi connectivity index (χ1n) is 3.54. The Bertz CT molecular complexity index is 91.2. The molecule has 1 unspecified atom stereocenters. The lowest BCUT2D eigenvalue weighted by atomic mass is 10.0. The first-order chi connectivity index (χ1) is 4.35. The number of hydrogen-bond donors (Lipinski definition) is 0. The number of nitriles is 1. The van der Waals surface area contributed by atoms with Crippen molar-refractivity contribution in [2.75, 3.05) is 0 Å². The highest BCUT2D eigenvalue weighted by molar-refractivity contribution is 4.80. The molecule has 0 bridgehead atoms. The van der Waals surface area contributed by atoms with Gasteiger partial charge in [-0.1, -0.05) is 26.7 Å². The Morgan fingerprint density at radius 3 is 2.67 bits per heavy atom. The van der Waals surface area contributed by atoms with Crippen LogP contribution in [0.3, 0.4) is 0 Å². The molecule has 0 aliphatic heterocycles. The van der Waals surface area contributed by atoms with Crippen molar-refractivity contribution < 1.29 is 0 Å². The zero-order valence-corrected chi connectivity index (χ0v) is 6.06. The van der Waals surface area contributed by atoms with E-state index in [1.54, 1.807) is 0 Å². The summed E-state index contributed by atoms with van der Waals surface area (Å²) in [5, 5.41) is 8.48. The van der Waals surface area contributed by atoms with E-state index in [-0.39, 0.29) is 5.92 Å². The maximum atomic E-state index is 8.48. The molecule has 1 nitrogen and oxygen atoms in total. The van der Waals surface area contributed by atoms with E-state index >= 15 is 0 Å². The maximum absolute atomic E-state index is 8.48. The minimum absolute atomic E-state index is 0.270. The Hall–Kier alpha value is -0.510. The van der Waals surface area contributed by atoms with Crippen molar-refractivity contribution in [2.45, 2.75) is 32.6 Å². The second-order valence-corrected chi connectivity index (χ2v) is 2.23. The quantitative estimate of drug-likeness (QED) is 0.565. The van der Waals surface area contributed by atoms with Crippen LogP contribution in [0.15, 0.2) is 0 Å².